The second kappa shape index (κ2) is 7.52. The normalized spacial score (nSPS) is 18.9. The molecule has 1 aliphatic heterocycles. The largest absolute Gasteiger partial charge is 0.464 e. The summed E-state index contributed by atoms with van der Waals surface area (Å²) in [5.41, 5.74) is -2.05. The number of likely N-dealkylation sites (tertiary alicyclic amines) is 1. The van der Waals surface area contributed by atoms with Crippen LogP contribution in [0.2, 0.25) is 0 Å². The zero-order valence-electron chi connectivity index (χ0n) is 16.1. The maximum atomic E-state index is 14.2. The third kappa shape index (κ3) is 3.53. The van der Waals surface area contributed by atoms with Gasteiger partial charge in [0.15, 0.2) is 5.41 Å². The van der Waals surface area contributed by atoms with Gasteiger partial charge in [-0.25, -0.2) is 4.79 Å². The highest BCUT2D eigenvalue weighted by molar-refractivity contribution is 5.95. The van der Waals surface area contributed by atoms with E-state index in [2.05, 4.69) is 24.8 Å². The van der Waals surface area contributed by atoms with E-state index < -0.39 is 42.3 Å². The lowest BCUT2D eigenvalue weighted by atomic mass is 9.86. The van der Waals surface area contributed by atoms with Crippen LogP contribution >= 0.6 is 0 Å². The first-order valence-electron chi connectivity index (χ1n) is 9.13. The van der Waals surface area contributed by atoms with Gasteiger partial charge in [-0.3, -0.25) is 9.78 Å². The number of H-pyrrole nitrogens is 1. The van der Waals surface area contributed by atoms with Gasteiger partial charge < -0.3 is 19.1 Å². The predicted octanol–water partition coefficient (Wildman–Crippen LogP) is 2.59. The molecule has 12 heteroatoms. The number of hydrogen-bond donors (Lipinski definition) is 1. The number of pyridine rings is 1. The molecule has 3 aromatic rings. The first-order chi connectivity index (χ1) is 14.7. The molecule has 1 aliphatic rings. The van der Waals surface area contributed by atoms with E-state index in [4.69, 9.17) is 4.52 Å². The lowest BCUT2D eigenvalue weighted by Crippen LogP contribution is -2.46. The molecule has 1 saturated heterocycles. The van der Waals surface area contributed by atoms with E-state index in [9.17, 15) is 22.8 Å². The van der Waals surface area contributed by atoms with Crippen molar-refractivity contribution >= 4 is 11.9 Å². The van der Waals surface area contributed by atoms with E-state index in [-0.39, 0.29) is 23.8 Å². The maximum Gasteiger partial charge on any atom is 0.405 e. The highest BCUT2D eigenvalue weighted by Gasteiger charge is 2.63. The van der Waals surface area contributed by atoms with Gasteiger partial charge in [0.1, 0.15) is 11.4 Å². The van der Waals surface area contributed by atoms with Gasteiger partial charge >= 0.3 is 12.1 Å². The molecule has 0 saturated carbocycles. The van der Waals surface area contributed by atoms with Crippen molar-refractivity contribution in [1.82, 2.24) is 25.0 Å². The molecule has 1 atom stereocenters. The molecule has 0 aromatic carbocycles. The quantitative estimate of drug-likeness (QED) is 0.627. The first kappa shape index (κ1) is 20.6. The fourth-order valence-electron chi connectivity index (χ4n) is 3.47. The van der Waals surface area contributed by atoms with Gasteiger partial charge in [-0.1, -0.05) is 5.16 Å². The molecule has 9 nitrogen and oxygen atoms in total. The van der Waals surface area contributed by atoms with Crippen LogP contribution in [-0.2, 0) is 10.2 Å². The Morgan fingerprint density at radius 2 is 1.90 bits per heavy atom. The third-order valence-corrected chi connectivity index (χ3v) is 5.19. The molecule has 3 aromatic heterocycles. The van der Waals surface area contributed by atoms with E-state index in [1.165, 1.54) is 31.6 Å². The molecular weight excluding hydrogens is 419 g/mol. The number of methoxy groups -OCH3 is 1. The highest BCUT2D eigenvalue weighted by atomic mass is 19.4. The molecule has 1 amide bonds. The fraction of sp³-hybridized carbons (Fsp3) is 0.316. The number of alkyl halides is 3. The Morgan fingerprint density at radius 1 is 1.19 bits per heavy atom. The Labute approximate surface area is 173 Å². The molecule has 162 valence electrons. The number of aromatic amines is 1. The number of aromatic nitrogens is 4. The minimum absolute atomic E-state index is 0.00195. The van der Waals surface area contributed by atoms with Crippen molar-refractivity contribution < 1.29 is 32.0 Å². The Bertz CT molecular complexity index is 1110. The third-order valence-electron chi connectivity index (χ3n) is 5.19. The zero-order valence-corrected chi connectivity index (χ0v) is 16.1. The van der Waals surface area contributed by atoms with Crippen molar-refractivity contribution in [3.05, 3.63) is 53.9 Å². The summed E-state index contributed by atoms with van der Waals surface area (Å²) in [5.74, 6) is -1.99. The van der Waals surface area contributed by atoms with Crippen LogP contribution in [0.15, 0.2) is 41.2 Å². The monoisotopic (exact) mass is 435 g/mol. The topological polar surface area (TPSA) is 114 Å². The van der Waals surface area contributed by atoms with E-state index in [0.717, 1.165) is 4.90 Å². The summed E-state index contributed by atoms with van der Waals surface area (Å²) >= 11 is 0. The Hall–Kier alpha value is -3.70. The van der Waals surface area contributed by atoms with Gasteiger partial charge in [-0.2, -0.15) is 18.2 Å². The van der Waals surface area contributed by atoms with Gasteiger partial charge in [0.05, 0.1) is 7.11 Å². The smallest absolute Gasteiger partial charge is 0.405 e. The fourth-order valence-corrected chi connectivity index (χ4v) is 3.47. The number of rotatable bonds is 4. The van der Waals surface area contributed by atoms with Crippen LogP contribution in [0.3, 0.4) is 0 Å². The average Bonchev–Trinajstić information content (AvgIpc) is 3.52. The van der Waals surface area contributed by atoms with E-state index in [0.29, 0.717) is 5.56 Å². The summed E-state index contributed by atoms with van der Waals surface area (Å²) in [7, 11) is 1.17. The SMILES string of the molecule is COC(=O)c1ccc(C(=O)N2CCC(c3nc(-c4ccncc4)no3)(C(F)(F)F)C2)[nH]1. The van der Waals surface area contributed by atoms with E-state index in [1.807, 2.05) is 0 Å². The second-order valence-electron chi connectivity index (χ2n) is 6.99. The van der Waals surface area contributed by atoms with Crippen LogP contribution in [0.25, 0.3) is 11.4 Å². The van der Waals surface area contributed by atoms with Crippen LogP contribution in [0, 0.1) is 0 Å². The standard InChI is InChI=1S/C19H16F3N5O4/c1-30-16(29)13-3-2-12(24-13)15(28)27-9-6-18(10-27,19(20,21)22)17-25-14(26-31-17)11-4-7-23-8-5-11/h2-5,7-8,24H,6,9-10H2,1H3. The lowest BCUT2D eigenvalue weighted by molar-refractivity contribution is -0.193. The molecule has 0 radical (unpaired) electrons. The summed E-state index contributed by atoms with van der Waals surface area (Å²) in [4.78, 5) is 35.7. The lowest BCUT2D eigenvalue weighted by Gasteiger charge is -2.27. The van der Waals surface area contributed by atoms with Crippen molar-refractivity contribution in [3.8, 4) is 11.4 Å². The molecule has 1 fully saturated rings. The zero-order chi connectivity index (χ0) is 22.2. The molecule has 0 bridgehead atoms. The van der Waals surface area contributed by atoms with E-state index >= 15 is 0 Å². The van der Waals surface area contributed by atoms with Crippen LogP contribution in [0.5, 0.6) is 0 Å². The Balaban J connectivity index is 1.62. The van der Waals surface area contributed by atoms with Gasteiger partial charge in [0.25, 0.3) is 5.91 Å². The summed E-state index contributed by atoms with van der Waals surface area (Å²) in [6.07, 6.45) is -2.26. The number of amides is 1. The number of halogens is 3. The van der Waals surface area contributed by atoms with Crippen LogP contribution < -0.4 is 0 Å². The highest BCUT2D eigenvalue weighted by Crippen LogP contribution is 2.47. The van der Waals surface area contributed by atoms with Gasteiger partial charge in [0.2, 0.25) is 11.7 Å². The van der Waals surface area contributed by atoms with Crippen LogP contribution in [0.1, 0.15) is 33.3 Å². The van der Waals surface area contributed by atoms with Gasteiger partial charge in [-0.15, -0.1) is 0 Å². The molecular formula is C19H16F3N5O4. The number of nitrogens with one attached hydrogen (secondary N) is 1. The molecule has 0 spiro atoms. The van der Waals surface area contributed by atoms with Crippen molar-refractivity contribution in [2.75, 3.05) is 20.2 Å². The summed E-state index contributed by atoms with van der Waals surface area (Å²) in [5, 5.41) is 3.67. The number of hydrogen-bond acceptors (Lipinski definition) is 7. The maximum absolute atomic E-state index is 14.2. The summed E-state index contributed by atoms with van der Waals surface area (Å²) < 4.78 is 52.1. The number of ether oxygens (including phenoxy) is 1. The van der Waals surface area contributed by atoms with Crippen LogP contribution in [-0.4, -0.2) is 63.3 Å². The average molecular weight is 435 g/mol. The van der Waals surface area contributed by atoms with Crippen molar-refractivity contribution in [3.63, 3.8) is 0 Å². The van der Waals surface area contributed by atoms with Gasteiger partial charge in [0, 0.05) is 31.0 Å². The number of nitrogens with zero attached hydrogens (tertiary/aromatic N) is 4. The molecule has 1 unspecified atom stereocenters. The van der Waals surface area contributed by atoms with Crippen molar-refractivity contribution in [2.45, 2.75) is 18.0 Å². The minimum atomic E-state index is -4.74. The first-order valence-corrected chi connectivity index (χ1v) is 9.13. The molecule has 4 heterocycles. The summed E-state index contributed by atoms with van der Waals surface area (Å²) in [6, 6.07) is 5.73. The number of carbonyl (C=O) groups is 2. The van der Waals surface area contributed by atoms with Crippen molar-refractivity contribution in [1.29, 1.82) is 0 Å². The molecule has 31 heavy (non-hydrogen) atoms. The number of carbonyl (C=O) groups excluding carboxylic acids is 2. The summed E-state index contributed by atoms with van der Waals surface area (Å²) in [6.45, 7) is -0.877. The Kier molecular flexibility index (Phi) is 4.99. The predicted molar refractivity (Wildman–Crippen MR) is 97.9 cm³/mol. The second-order valence-corrected chi connectivity index (χ2v) is 6.99. The van der Waals surface area contributed by atoms with E-state index in [1.54, 1.807) is 12.1 Å². The number of esters is 1. The minimum Gasteiger partial charge on any atom is -0.464 e. The Morgan fingerprint density at radius 3 is 2.58 bits per heavy atom. The molecule has 4 rings (SSSR count). The van der Waals surface area contributed by atoms with Gasteiger partial charge in [-0.05, 0) is 30.7 Å². The molecule has 1 N–H and O–H groups in total. The van der Waals surface area contributed by atoms with Crippen molar-refractivity contribution in [2.24, 2.45) is 0 Å². The molecule has 0 aliphatic carbocycles. The van der Waals surface area contributed by atoms with Crippen LogP contribution in [0.4, 0.5) is 13.2 Å².